The van der Waals surface area contributed by atoms with E-state index in [4.69, 9.17) is 0 Å². The van der Waals surface area contributed by atoms with E-state index in [0.29, 0.717) is 5.69 Å². The van der Waals surface area contributed by atoms with E-state index < -0.39 is 0 Å². The smallest absolute Gasteiger partial charge is 0.273 e. The lowest BCUT2D eigenvalue weighted by molar-refractivity contribution is 0.102. The van der Waals surface area contributed by atoms with Gasteiger partial charge in [0.05, 0.1) is 11.4 Å². The number of hydrogen-bond donors (Lipinski definition) is 3. The highest BCUT2D eigenvalue weighted by Gasteiger charge is 2.13. The van der Waals surface area contributed by atoms with Crippen molar-refractivity contribution in [1.82, 2.24) is 15.2 Å². The average molecular weight is 302 g/mol. The lowest BCUT2D eigenvalue weighted by Crippen LogP contribution is -2.11. The molecule has 2 aromatic carbocycles. The summed E-state index contributed by atoms with van der Waals surface area (Å²) in [5, 5.41) is 10.9. The van der Waals surface area contributed by atoms with Gasteiger partial charge in [-0.2, -0.15) is 5.10 Å². The summed E-state index contributed by atoms with van der Waals surface area (Å²) in [6.45, 7) is 0. The van der Waals surface area contributed by atoms with E-state index in [1.54, 1.807) is 12.3 Å². The molecule has 0 saturated heterocycles. The normalized spacial score (nSPS) is 10.8. The molecule has 5 nitrogen and oxygen atoms in total. The Labute approximate surface area is 132 Å². The molecule has 0 aliphatic carbocycles. The van der Waals surface area contributed by atoms with Crippen molar-refractivity contribution in [2.24, 2.45) is 0 Å². The number of rotatable bonds is 3. The van der Waals surface area contributed by atoms with Gasteiger partial charge in [0.1, 0.15) is 5.69 Å². The van der Waals surface area contributed by atoms with Crippen molar-refractivity contribution in [2.45, 2.75) is 0 Å². The number of para-hydroxylation sites is 1. The van der Waals surface area contributed by atoms with Gasteiger partial charge in [-0.3, -0.25) is 9.89 Å². The van der Waals surface area contributed by atoms with E-state index in [1.165, 1.54) is 0 Å². The van der Waals surface area contributed by atoms with Crippen LogP contribution in [-0.4, -0.2) is 21.1 Å². The average Bonchev–Trinajstić information content (AvgIpc) is 3.24. The second-order valence-electron chi connectivity index (χ2n) is 5.23. The van der Waals surface area contributed by atoms with Crippen molar-refractivity contribution in [2.75, 3.05) is 5.32 Å². The Morgan fingerprint density at radius 2 is 1.78 bits per heavy atom. The minimum absolute atomic E-state index is 0.218. The van der Waals surface area contributed by atoms with Crippen LogP contribution in [0.5, 0.6) is 0 Å². The molecule has 0 aliphatic heterocycles. The first-order valence-corrected chi connectivity index (χ1v) is 7.29. The first kappa shape index (κ1) is 13.3. The van der Waals surface area contributed by atoms with Gasteiger partial charge in [0.2, 0.25) is 0 Å². The van der Waals surface area contributed by atoms with Gasteiger partial charge in [-0.25, -0.2) is 0 Å². The fourth-order valence-electron chi connectivity index (χ4n) is 2.56. The van der Waals surface area contributed by atoms with Crippen LogP contribution < -0.4 is 5.32 Å². The van der Waals surface area contributed by atoms with Crippen LogP contribution in [0.1, 0.15) is 10.5 Å². The van der Waals surface area contributed by atoms with Crippen molar-refractivity contribution < 1.29 is 4.79 Å². The molecule has 4 aromatic rings. The summed E-state index contributed by atoms with van der Waals surface area (Å²) in [5.41, 5.74) is 3.87. The van der Waals surface area contributed by atoms with Crippen LogP contribution in [0.3, 0.4) is 0 Å². The fraction of sp³-hybridized carbons (Fsp3) is 0. The zero-order valence-corrected chi connectivity index (χ0v) is 12.2. The monoisotopic (exact) mass is 302 g/mol. The lowest BCUT2D eigenvalue weighted by Gasteiger charge is -2.01. The number of nitrogens with zero attached hydrogens (tertiary/aromatic N) is 1. The molecular formula is C18H14N4O. The number of H-pyrrole nitrogens is 2. The molecule has 1 amide bonds. The van der Waals surface area contributed by atoms with Crippen molar-refractivity contribution in [3.05, 3.63) is 72.6 Å². The van der Waals surface area contributed by atoms with Crippen molar-refractivity contribution in [3.63, 3.8) is 0 Å². The topological polar surface area (TPSA) is 73.6 Å². The summed E-state index contributed by atoms with van der Waals surface area (Å²) in [6, 6.07) is 19.3. The van der Waals surface area contributed by atoms with Crippen LogP contribution in [0.15, 0.2) is 66.9 Å². The quantitative estimate of drug-likeness (QED) is 0.538. The highest BCUT2D eigenvalue weighted by molar-refractivity contribution is 6.08. The maximum absolute atomic E-state index is 12.4. The SMILES string of the molecule is O=C(Nc1c[nH]c2ccccc12)c1cc(-c2ccccc2)n[nH]1. The summed E-state index contributed by atoms with van der Waals surface area (Å²) >= 11 is 0. The number of carbonyl (C=O) groups is 1. The molecule has 0 bridgehead atoms. The Balaban J connectivity index is 1.59. The molecule has 112 valence electrons. The predicted octanol–water partition coefficient (Wildman–Crippen LogP) is 3.81. The van der Waals surface area contributed by atoms with Gasteiger partial charge in [0.25, 0.3) is 5.91 Å². The first-order chi connectivity index (χ1) is 11.3. The summed E-state index contributed by atoms with van der Waals surface area (Å²) in [7, 11) is 0. The third-order valence-electron chi connectivity index (χ3n) is 3.73. The van der Waals surface area contributed by atoms with E-state index in [0.717, 1.165) is 27.8 Å². The minimum atomic E-state index is -0.218. The Morgan fingerprint density at radius 1 is 1.00 bits per heavy atom. The van der Waals surface area contributed by atoms with E-state index in [2.05, 4.69) is 20.5 Å². The van der Waals surface area contributed by atoms with E-state index in [1.807, 2.05) is 54.6 Å². The zero-order valence-electron chi connectivity index (χ0n) is 12.2. The molecule has 2 aromatic heterocycles. The van der Waals surface area contributed by atoms with Crippen LogP contribution in [0, 0.1) is 0 Å². The standard InChI is InChI=1S/C18H14N4O/c23-18(20-17-11-19-14-9-5-4-8-13(14)17)16-10-15(21-22-16)12-6-2-1-3-7-12/h1-11,19H,(H,20,23)(H,21,22). The molecule has 2 heterocycles. The molecule has 3 N–H and O–H groups in total. The maximum Gasteiger partial charge on any atom is 0.273 e. The van der Waals surface area contributed by atoms with Gasteiger partial charge < -0.3 is 10.3 Å². The Bertz CT molecular complexity index is 969. The molecule has 0 aliphatic rings. The van der Waals surface area contributed by atoms with Gasteiger partial charge in [-0.15, -0.1) is 0 Å². The molecule has 0 unspecified atom stereocenters. The number of carbonyl (C=O) groups excluding carboxylic acids is 1. The van der Waals surface area contributed by atoms with Crippen LogP contribution in [0.25, 0.3) is 22.2 Å². The van der Waals surface area contributed by atoms with Gasteiger partial charge in [-0.1, -0.05) is 48.5 Å². The second-order valence-corrected chi connectivity index (χ2v) is 5.23. The predicted molar refractivity (Wildman–Crippen MR) is 90.3 cm³/mol. The molecular weight excluding hydrogens is 288 g/mol. The second kappa shape index (κ2) is 5.46. The number of fused-ring (bicyclic) bond motifs is 1. The van der Waals surface area contributed by atoms with Crippen LogP contribution in [0.4, 0.5) is 5.69 Å². The van der Waals surface area contributed by atoms with E-state index >= 15 is 0 Å². The first-order valence-electron chi connectivity index (χ1n) is 7.29. The third-order valence-corrected chi connectivity index (χ3v) is 3.73. The summed E-state index contributed by atoms with van der Waals surface area (Å²) in [6.07, 6.45) is 1.79. The van der Waals surface area contributed by atoms with Crippen molar-refractivity contribution in [3.8, 4) is 11.3 Å². The number of aromatic amines is 2. The Hall–Kier alpha value is -3.34. The Morgan fingerprint density at radius 3 is 2.65 bits per heavy atom. The highest BCUT2D eigenvalue weighted by atomic mass is 16.1. The summed E-state index contributed by atoms with van der Waals surface area (Å²) in [4.78, 5) is 15.5. The molecule has 0 spiro atoms. The molecule has 5 heteroatoms. The van der Waals surface area contributed by atoms with Gasteiger partial charge >= 0.3 is 0 Å². The van der Waals surface area contributed by atoms with Crippen molar-refractivity contribution in [1.29, 1.82) is 0 Å². The van der Waals surface area contributed by atoms with E-state index in [-0.39, 0.29) is 5.91 Å². The third kappa shape index (κ3) is 2.48. The molecule has 0 radical (unpaired) electrons. The summed E-state index contributed by atoms with van der Waals surface area (Å²) < 4.78 is 0. The van der Waals surface area contributed by atoms with Gasteiger partial charge in [0, 0.05) is 22.7 Å². The van der Waals surface area contributed by atoms with Crippen LogP contribution in [0.2, 0.25) is 0 Å². The van der Waals surface area contributed by atoms with Crippen molar-refractivity contribution >= 4 is 22.5 Å². The number of anilines is 1. The highest BCUT2D eigenvalue weighted by Crippen LogP contribution is 2.23. The number of aromatic nitrogens is 3. The van der Waals surface area contributed by atoms with Gasteiger partial charge in [-0.05, 0) is 12.1 Å². The number of hydrogen-bond acceptors (Lipinski definition) is 2. The van der Waals surface area contributed by atoms with E-state index in [9.17, 15) is 4.79 Å². The molecule has 0 fully saturated rings. The zero-order chi connectivity index (χ0) is 15.6. The number of benzene rings is 2. The molecule has 23 heavy (non-hydrogen) atoms. The number of nitrogens with one attached hydrogen (secondary N) is 3. The Kier molecular flexibility index (Phi) is 3.16. The van der Waals surface area contributed by atoms with Gasteiger partial charge in [0.15, 0.2) is 0 Å². The molecule has 4 rings (SSSR count). The minimum Gasteiger partial charge on any atom is -0.359 e. The largest absolute Gasteiger partial charge is 0.359 e. The molecule has 0 atom stereocenters. The van der Waals surface area contributed by atoms with Crippen LogP contribution in [-0.2, 0) is 0 Å². The fourth-order valence-corrected chi connectivity index (χ4v) is 2.56. The number of amides is 1. The molecule has 0 saturated carbocycles. The summed E-state index contributed by atoms with van der Waals surface area (Å²) in [5.74, 6) is -0.218. The maximum atomic E-state index is 12.4. The van der Waals surface area contributed by atoms with Crippen LogP contribution >= 0.6 is 0 Å². The lowest BCUT2D eigenvalue weighted by atomic mass is 10.1.